The standard InChI is InChI=1S/C21H38N4O3S/c1-5-9-18(12-13-26)14-23-21(22-6-2)24-15-19-10-7-8-11-20(19)16-29(27,28)25-17(3)4/h7-8,10-11,17-18,25-26H,5-6,9,12-16H2,1-4H3,(H2,22,23,24). The molecule has 1 rings (SSSR count). The Hall–Kier alpha value is -1.64. The molecule has 166 valence electrons. The van der Waals surface area contributed by atoms with Crippen molar-refractivity contribution in [2.24, 2.45) is 10.9 Å². The molecule has 0 aliphatic rings. The van der Waals surface area contributed by atoms with E-state index in [4.69, 9.17) is 0 Å². The highest BCUT2D eigenvalue weighted by molar-refractivity contribution is 7.88. The van der Waals surface area contributed by atoms with E-state index in [1.54, 1.807) is 0 Å². The van der Waals surface area contributed by atoms with Crippen molar-refractivity contribution in [3.05, 3.63) is 35.4 Å². The molecule has 29 heavy (non-hydrogen) atoms. The summed E-state index contributed by atoms with van der Waals surface area (Å²) in [5.74, 6) is 1.04. The topological polar surface area (TPSA) is 103 Å². The van der Waals surface area contributed by atoms with Crippen LogP contribution in [0.4, 0.5) is 0 Å². The van der Waals surface area contributed by atoms with E-state index in [9.17, 15) is 13.5 Å². The molecule has 1 aromatic carbocycles. The van der Waals surface area contributed by atoms with Crippen LogP contribution in [0.15, 0.2) is 29.3 Å². The van der Waals surface area contributed by atoms with E-state index in [1.165, 1.54) is 0 Å². The summed E-state index contributed by atoms with van der Waals surface area (Å²) in [5.41, 5.74) is 1.64. The van der Waals surface area contributed by atoms with Crippen LogP contribution >= 0.6 is 0 Å². The Morgan fingerprint density at radius 1 is 1.10 bits per heavy atom. The van der Waals surface area contributed by atoms with Gasteiger partial charge in [0.1, 0.15) is 0 Å². The third-order valence-corrected chi connectivity index (χ3v) is 5.94. The van der Waals surface area contributed by atoms with Crippen LogP contribution in [0, 0.1) is 5.92 Å². The van der Waals surface area contributed by atoms with Crippen LogP contribution in [0.2, 0.25) is 0 Å². The maximum atomic E-state index is 12.3. The number of hydrogen-bond acceptors (Lipinski definition) is 4. The second-order valence-electron chi connectivity index (χ2n) is 7.54. The molecule has 0 heterocycles. The average Bonchev–Trinajstić information content (AvgIpc) is 2.64. The van der Waals surface area contributed by atoms with Crippen molar-refractivity contribution in [2.45, 2.75) is 65.3 Å². The molecule has 0 spiro atoms. The molecule has 1 aromatic rings. The van der Waals surface area contributed by atoms with Crippen LogP contribution < -0.4 is 15.4 Å². The molecule has 1 atom stereocenters. The van der Waals surface area contributed by atoms with Crippen LogP contribution in [-0.4, -0.2) is 45.2 Å². The number of benzene rings is 1. The van der Waals surface area contributed by atoms with Crippen molar-refractivity contribution >= 4 is 16.0 Å². The zero-order valence-corrected chi connectivity index (χ0v) is 19.1. The lowest BCUT2D eigenvalue weighted by Crippen LogP contribution is -2.40. The Kier molecular flexibility index (Phi) is 11.9. The molecular weight excluding hydrogens is 388 g/mol. The van der Waals surface area contributed by atoms with Gasteiger partial charge in [-0.1, -0.05) is 37.6 Å². The first kappa shape index (κ1) is 25.4. The van der Waals surface area contributed by atoms with Gasteiger partial charge in [0.05, 0.1) is 12.3 Å². The quantitative estimate of drug-likeness (QED) is 0.286. The summed E-state index contributed by atoms with van der Waals surface area (Å²) >= 11 is 0. The largest absolute Gasteiger partial charge is 0.396 e. The van der Waals surface area contributed by atoms with Crippen LogP contribution in [0.5, 0.6) is 0 Å². The van der Waals surface area contributed by atoms with Crippen molar-refractivity contribution in [3.8, 4) is 0 Å². The van der Waals surface area contributed by atoms with E-state index >= 15 is 0 Å². The van der Waals surface area contributed by atoms with Crippen LogP contribution in [0.3, 0.4) is 0 Å². The molecule has 0 saturated carbocycles. The molecule has 7 nitrogen and oxygen atoms in total. The number of sulfonamides is 1. The fourth-order valence-corrected chi connectivity index (χ4v) is 4.64. The Bertz CT molecular complexity index is 714. The molecule has 0 saturated heterocycles. The van der Waals surface area contributed by atoms with E-state index in [-0.39, 0.29) is 18.4 Å². The first-order valence-corrected chi connectivity index (χ1v) is 12.2. The first-order valence-electron chi connectivity index (χ1n) is 10.5. The smallest absolute Gasteiger partial charge is 0.216 e. The van der Waals surface area contributed by atoms with Crippen molar-refractivity contribution < 1.29 is 13.5 Å². The zero-order chi connectivity index (χ0) is 21.7. The predicted molar refractivity (Wildman–Crippen MR) is 120 cm³/mol. The Balaban J connectivity index is 2.86. The first-order chi connectivity index (χ1) is 13.8. The number of aliphatic imine (C=N–C) groups is 1. The number of nitrogens with one attached hydrogen (secondary N) is 3. The van der Waals surface area contributed by atoms with Crippen molar-refractivity contribution in [1.29, 1.82) is 0 Å². The minimum atomic E-state index is -3.39. The van der Waals surface area contributed by atoms with Gasteiger partial charge >= 0.3 is 0 Å². The van der Waals surface area contributed by atoms with Gasteiger partial charge in [-0.2, -0.15) is 0 Å². The van der Waals surface area contributed by atoms with Gasteiger partial charge in [-0.3, -0.25) is 0 Å². The lowest BCUT2D eigenvalue weighted by atomic mass is 10.0. The van der Waals surface area contributed by atoms with Gasteiger partial charge in [-0.05, 0) is 50.7 Å². The second kappa shape index (κ2) is 13.6. The Morgan fingerprint density at radius 2 is 1.79 bits per heavy atom. The summed E-state index contributed by atoms with van der Waals surface area (Å²) in [5, 5.41) is 15.8. The Labute approximate surface area is 176 Å². The molecule has 4 N–H and O–H groups in total. The molecule has 0 bridgehead atoms. The fraction of sp³-hybridized carbons (Fsp3) is 0.667. The monoisotopic (exact) mass is 426 g/mol. The number of rotatable bonds is 13. The van der Waals surface area contributed by atoms with Crippen LogP contribution in [0.25, 0.3) is 0 Å². The lowest BCUT2D eigenvalue weighted by Gasteiger charge is -2.18. The molecule has 0 aliphatic heterocycles. The predicted octanol–water partition coefficient (Wildman–Crippen LogP) is 2.37. The average molecular weight is 427 g/mol. The third-order valence-electron chi connectivity index (χ3n) is 4.42. The van der Waals surface area contributed by atoms with Gasteiger partial charge in [0.25, 0.3) is 0 Å². The summed E-state index contributed by atoms with van der Waals surface area (Å²) in [7, 11) is -3.39. The highest BCUT2D eigenvalue weighted by atomic mass is 32.2. The van der Waals surface area contributed by atoms with Gasteiger partial charge in [-0.15, -0.1) is 0 Å². The molecule has 0 radical (unpaired) electrons. The SMILES string of the molecule is CCCC(CCO)CNC(=NCc1ccccc1CS(=O)(=O)NC(C)C)NCC. The van der Waals surface area contributed by atoms with Crippen LogP contribution in [0.1, 0.15) is 58.1 Å². The van der Waals surface area contributed by atoms with Gasteiger partial charge in [-0.25, -0.2) is 18.1 Å². The van der Waals surface area contributed by atoms with Crippen LogP contribution in [-0.2, 0) is 22.3 Å². The second-order valence-corrected chi connectivity index (χ2v) is 9.30. The number of aliphatic hydroxyl groups excluding tert-OH is 1. The molecule has 0 aromatic heterocycles. The maximum Gasteiger partial charge on any atom is 0.216 e. The normalized spacial score (nSPS) is 13.5. The number of hydrogen-bond donors (Lipinski definition) is 4. The third kappa shape index (κ3) is 10.6. The van der Waals surface area contributed by atoms with E-state index in [1.807, 2.05) is 45.0 Å². The van der Waals surface area contributed by atoms with Gasteiger partial charge in [0, 0.05) is 25.7 Å². The number of nitrogens with zero attached hydrogens (tertiary/aromatic N) is 1. The summed E-state index contributed by atoms with van der Waals surface area (Å²) in [6.07, 6.45) is 2.90. The highest BCUT2D eigenvalue weighted by Crippen LogP contribution is 2.14. The number of aliphatic hydroxyl groups is 1. The van der Waals surface area contributed by atoms with Gasteiger partial charge in [0.2, 0.25) is 10.0 Å². The maximum absolute atomic E-state index is 12.3. The van der Waals surface area contributed by atoms with E-state index < -0.39 is 10.0 Å². The van der Waals surface area contributed by atoms with E-state index in [2.05, 4.69) is 27.3 Å². The minimum absolute atomic E-state index is 0.0596. The van der Waals surface area contributed by atoms with Crippen molar-refractivity contribution in [3.63, 3.8) is 0 Å². The summed E-state index contributed by atoms with van der Waals surface area (Å²) < 4.78 is 27.3. The van der Waals surface area contributed by atoms with Gasteiger partial charge in [0.15, 0.2) is 5.96 Å². The minimum Gasteiger partial charge on any atom is -0.396 e. The molecule has 0 amide bonds. The fourth-order valence-electron chi connectivity index (χ4n) is 3.14. The van der Waals surface area contributed by atoms with Crippen molar-refractivity contribution in [2.75, 3.05) is 19.7 Å². The van der Waals surface area contributed by atoms with Gasteiger partial charge < -0.3 is 15.7 Å². The lowest BCUT2D eigenvalue weighted by molar-refractivity contribution is 0.251. The summed E-state index contributed by atoms with van der Waals surface area (Å²) in [6, 6.07) is 7.36. The zero-order valence-electron chi connectivity index (χ0n) is 18.2. The summed E-state index contributed by atoms with van der Waals surface area (Å²) in [4.78, 5) is 4.64. The molecule has 0 aliphatic carbocycles. The highest BCUT2D eigenvalue weighted by Gasteiger charge is 2.15. The molecule has 0 fully saturated rings. The molecular formula is C21H38N4O3S. The molecule has 1 unspecified atom stereocenters. The summed E-state index contributed by atoms with van der Waals surface area (Å²) in [6.45, 7) is 9.82. The van der Waals surface area contributed by atoms with E-state index in [0.29, 0.717) is 18.4 Å². The van der Waals surface area contributed by atoms with Crippen molar-refractivity contribution in [1.82, 2.24) is 15.4 Å². The Morgan fingerprint density at radius 3 is 2.38 bits per heavy atom. The van der Waals surface area contributed by atoms with E-state index in [0.717, 1.165) is 43.5 Å². The number of guanidine groups is 1. The molecule has 8 heteroatoms.